The fourth-order valence-corrected chi connectivity index (χ4v) is 13.7. The fraction of sp³-hybridized carbons (Fsp3) is 0.0145. The monoisotopic (exact) mass is 1230 g/mol. The van der Waals surface area contributed by atoms with Gasteiger partial charge in [0.15, 0.2) is 0 Å². The number of thiophene rings is 2. The zero-order valence-electron chi connectivity index (χ0n) is 40.8. The first-order valence-corrected chi connectivity index (χ1v) is 29.1. The number of benzene rings is 12. The number of hydrogen-bond acceptors (Lipinski definition) is 6. The second kappa shape index (κ2) is 20.9. The Hall–Kier alpha value is -7.76. The average Bonchev–Trinajstić information content (AvgIpc) is 4.31. The lowest BCUT2D eigenvalue weighted by Gasteiger charge is -2.26. The van der Waals surface area contributed by atoms with Crippen molar-refractivity contribution in [2.75, 3.05) is 10.2 Å². The molecule has 0 bridgehead atoms. The van der Waals surface area contributed by atoms with E-state index in [4.69, 9.17) is 8.83 Å². The van der Waals surface area contributed by atoms with Crippen molar-refractivity contribution in [3.05, 3.63) is 256 Å². The van der Waals surface area contributed by atoms with Crippen LogP contribution in [0.25, 0.3) is 106 Å². The maximum Gasteiger partial charge on any atom is 0.137 e. The molecule has 0 radical (unpaired) electrons. The van der Waals surface area contributed by atoms with Gasteiger partial charge in [-0.15, -0.1) is 22.7 Å². The van der Waals surface area contributed by atoms with Crippen LogP contribution in [0.4, 0.5) is 28.4 Å². The number of hydrogen-bond donors (Lipinski definition) is 1. The minimum atomic E-state index is 0. The van der Waals surface area contributed by atoms with E-state index < -0.39 is 0 Å². The summed E-state index contributed by atoms with van der Waals surface area (Å²) in [5, 5.41) is 18.3. The lowest BCUT2D eigenvalue weighted by atomic mass is 10.1. The topological polar surface area (TPSA) is 41.6 Å². The van der Waals surface area contributed by atoms with Crippen molar-refractivity contribution in [1.29, 1.82) is 0 Å². The van der Waals surface area contributed by atoms with E-state index in [-0.39, 0.29) is 7.43 Å². The van der Waals surface area contributed by atoms with E-state index in [1.165, 1.54) is 61.9 Å². The van der Waals surface area contributed by atoms with Gasteiger partial charge in [-0.2, -0.15) is 0 Å². The van der Waals surface area contributed by atoms with E-state index in [0.29, 0.717) is 0 Å². The Bertz CT molecular complexity index is 4880. The third kappa shape index (κ3) is 9.50. The van der Waals surface area contributed by atoms with Crippen LogP contribution in [0.3, 0.4) is 0 Å². The summed E-state index contributed by atoms with van der Waals surface area (Å²) < 4.78 is 20.4. The Labute approximate surface area is 483 Å². The molecular weight excluding hydrogens is 1190 g/mol. The number of anilines is 5. The van der Waals surface area contributed by atoms with E-state index >= 15 is 0 Å². The smallest absolute Gasteiger partial charge is 0.137 e. The molecular formula is C69H45Br3N2O2S2. The highest BCUT2D eigenvalue weighted by Gasteiger charge is 2.18. The molecule has 9 heteroatoms. The highest BCUT2D eigenvalue weighted by molar-refractivity contribution is 9.11. The Kier molecular flexibility index (Phi) is 13.3. The molecule has 4 aromatic heterocycles. The first-order chi connectivity index (χ1) is 37.8. The maximum absolute atomic E-state index is 6.33. The Balaban J connectivity index is 0.000000123. The molecule has 376 valence electrons. The summed E-state index contributed by atoms with van der Waals surface area (Å²) in [5.41, 5.74) is 9.13. The zero-order valence-corrected chi connectivity index (χ0v) is 47.2. The van der Waals surface area contributed by atoms with E-state index in [1.54, 1.807) is 0 Å². The van der Waals surface area contributed by atoms with Crippen molar-refractivity contribution >= 4 is 205 Å². The van der Waals surface area contributed by atoms with Gasteiger partial charge >= 0.3 is 0 Å². The number of fused-ring (bicyclic) bond motifs is 14. The third-order valence-electron chi connectivity index (χ3n) is 14.1. The Morgan fingerprint density at radius 1 is 0.295 bits per heavy atom. The van der Waals surface area contributed by atoms with Crippen LogP contribution in [-0.4, -0.2) is 0 Å². The van der Waals surface area contributed by atoms with Gasteiger partial charge < -0.3 is 19.1 Å². The molecule has 0 aliphatic carbocycles. The molecule has 0 unspecified atom stereocenters. The minimum Gasteiger partial charge on any atom is -0.456 e. The SMILES string of the molecule is Brc1ccc2c(c1)oc1cc(Br)ccc12.Brc1ccc2c(c1)oc1cc(N(c3ccc4ccccc4c3)c3ccc4sc5ccccc5c4c3)ccc12.C.c1ccc2cc(Nc3ccc4sc5ccccc5c4c3)ccc2c1. The minimum absolute atomic E-state index is 0. The molecule has 0 amide bonds. The summed E-state index contributed by atoms with van der Waals surface area (Å²) in [5.74, 6) is 0. The van der Waals surface area contributed by atoms with Crippen molar-refractivity contribution in [3.8, 4) is 0 Å². The largest absolute Gasteiger partial charge is 0.456 e. The highest BCUT2D eigenvalue weighted by Crippen LogP contribution is 2.44. The van der Waals surface area contributed by atoms with E-state index in [2.05, 4.69) is 270 Å². The molecule has 16 rings (SSSR count). The second-order valence-corrected chi connectivity index (χ2v) is 23.9. The average molecular weight is 1240 g/mol. The summed E-state index contributed by atoms with van der Waals surface area (Å²) in [4.78, 5) is 2.33. The first-order valence-electron chi connectivity index (χ1n) is 25.1. The number of rotatable bonds is 5. The Morgan fingerprint density at radius 3 is 1.27 bits per heavy atom. The number of nitrogens with zero attached hydrogens (tertiary/aromatic N) is 1. The van der Waals surface area contributed by atoms with Crippen LogP contribution in [0.15, 0.2) is 265 Å². The lowest BCUT2D eigenvalue weighted by Crippen LogP contribution is -2.09. The van der Waals surface area contributed by atoms with Gasteiger partial charge in [-0.3, -0.25) is 0 Å². The molecule has 1 N–H and O–H groups in total. The Morgan fingerprint density at radius 2 is 0.679 bits per heavy atom. The van der Waals surface area contributed by atoms with Gasteiger partial charge in [0.25, 0.3) is 0 Å². The van der Waals surface area contributed by atoms with Gasteiger partial charge in [-0.25, -0.2) is 0 Å². The van der Waals surface area contributed by atoms with Gasteiger partial charge in [0, 0.05) is 110 Å². The van der Waals surface area contributed by atoms with Crippen molar-refractivity contribution < 1.29 is 8.83 Å². The first kappa shape index (κ1) is 49.8. The molecule has 0 spiro atoms. The molecule has 0 atom stereocenters. The van der Waals surface area contributed by atoms with Crippen LogP contribution in [0, 0.1) is 0 Å². The van der Waals surface area contributed by atoms with Crippen LogP contribution in [-0.2, 0) is 0 Å². The molecule has 12 aromatic carbocycles. The predicted octanol–water partition coefficient (Wildman–Crippen LogP) is 24.0. The zero-order chi connectivity index (χ0) is 51.6. The van der Waals surface area contributed by atoms with Gasteiger partial charge in [-0.05, 0) is 161 Å². The molecule has 0 saturated carbocycles. The van der Waals surface area contributed by atoms with E-state index in [0.717, 1.165) is 85.7 Å². The van der Waals surface area contributed by atoms with Crippen LogP contribution >= 0.6 is 70.5 Å². The molecule has 0 saturated heterocycles. The summed E-state index contributed by atoms with van der Waals surface area (Å²) in [6.07, 6.45) is 0. The van der Waals surface area contributed by atoms with Crippen molar-refractivity contribution in [1.82, 2.24) is 0 Å². The molecule has 16 aromatic rings. The van der Waals surface area contributed by atoms with E-state index in [1.807, 2.05) is 53.0 Å². The normalized spacial score (nSPS) is 11.4. The quantitative estimate of drug-likeness (QED) is 0.186. The molecule has 0 aliphatic rings. The third-order valence-corrected chi connectivity index (χ3v) is 17.9. The van der Waals surface area contributed by atoms with Crippen LogP contribution in [0.1, 0.15) is 7.43 Å². The maximum atomic E-state index is 6.33. The summed E-state index contributed by atoms with van der Waals surface area (Å²) in [6, 6.07) is 85.7. The number of nitrogens with one attached hydrogen (secondary N) is 1. The van der Waals surface area contributed by atoms with Crippen molar-refractivity contribution in [3.63, 3.8) is 0 Å². The fourth-order valence-electron chi connectivity index (χ4n) is 10.5. The van der Waals surface area contributed by atoms with Crippen molar-refractivity contribution in [2.24, 2.45) is 0 Å². The van der Waals surface area contributed by atoms with Crippen molar-refractivity contribution in [2.45, 2.75) is 7.43 Å². The van der Waals surface area contributed by atoms with Gasteiger partial charge in [0.2, 0.25) is 0 Å². The van der Waals surface area contributed by atoms with Gasteiger partial charge in [0.05, 0.1) is 0 Å². The van der Waals surface area contributed by atoms with Crippen LogP contribution in [0.5, 0.6) is 0 Å². The second-order valence-electron chi connectivity index (χ2n) is 18.9. The predicted molar refractivity (Wildman–Crippen MR) is 349 cm³/mol. The number of furan rings is 2. The van der Waals surface area contributed by atoms with Crippen LogP contribution in [0.2, 0.25) is 0 Å². The summed E-state index contributed by atoms with van der Waals surface area (Å²) >= 11 is 14.1. The molecule has 0 aliphatic heterocycles. The number of halogens is 3. The van der Waals surface area contributed by atoms with Gasteiger partial charge in [0.1, 0.15) is 22.3 Å². The standard InChI is InChI=1S/C34H20BrNOS.C22H15NS.C12H6Br2O.CH4/c35-23-10-14-27-28-15-12-26(20-32(28)37-31(27)18-23)36(24-11-9-21-5-1-2-6-22(21)17-24)25-13-16-34-30(19-25)29-7-3-4-8-33(29)38-34;1-2-6-16-13-17(10-9-15(16)5-1)23-18-11-12-22-20(14-18)19-7-3-4-8-21(19)24-22;13-7-1-3-9-10-4-2-8(14)6-12(10)15-11(9)5-7;/h1-20H;1-14,23H;1-6H;1H4. The summed E-state index contributed by atoms with van der Waals surface area (Å²) in [6.45, 7) is 0. The van der Waals surface area contributed by atoms with Gasteiger partial charge in [-0.1, -0.05) is 152 Å². The van der Waals surface area contributed by atoms with E-state index in [9.17, 15) is 0 Å². The molecule has 4 heterocycles. The highest BCUT2D eigenvalue weighted by atomic mass is 79.9. The molecule has 78 heavy (non-hydrogen) atoms. The lowest BCUT2D eigenvalue weighted by molar-refractivity contribution is 0.668. The molecule has 0 fully saturated rings. The molecule has 4 nitrogen and oxygen atoms in total. The summed E-state index contributed by atoms with van der Waals surface area (Å²) in [7, 11) is 0. The van der Waals surface area contributed by atoms with Crippen LogP contribution < -0.4 is 10.2 Å².